The second-order valence-corrected chi connectivity index (χ2v) is 7.11. The summed E-state index contributed by atoms with van der Waals surface area (Å²) in [5.41, 5.74) is -0.961. The smallest absolute Gasteiger partial charge is 0.388 e. The summed E-state index contributed by atoms with van der Waals surface area (Å²) >= 11 is 0. The highest BCUT2D eigenvalue weighted by Gasteiger charge is 2.63. The molecule has 0 amide bonds. The van der Waals surface area contributed by atoms with Gasteiger partial charge in [-0.25, -0.2) is 4.39 Å². The number of nitrogens with zero attached hydrogens (tertiary/aromatic N) is 1. The Labute approximate surface area is 134 Å². The van der Waals surface area contributed by atoms with E-state index >= 15 is 4.39 Å². The van der Waals surface area contributed by atoms with E-state index in [0.29, 0.717) is 23.7 Å². The third kappa shape index (κ3) is 1.49. The van der Waals surface area contributed by atoms with Crippen molar-refractivity contribution in [3.8, 4) is 0 Å². The van der Waals surface area contributed by atoms with E-state index in [1.165, 1.54) is 12.3 Å². The number of fused-ring (bicyclic) bond motifs is 5. The zero-order valence-electron chi connectivity index (χ0n) is 12.5. The van der Waals surface area contributed by atoms with E-state index in [1.54, 1.807) is 6.07 Å². The average Bonchev–Trinajstić information content (AvgIpc) is 3.18. The largest absolute Gasteiger partial charge is 0.415 e. The first-order valence-corrected chi connectivity index (χ1v) is 7.95. The van der Waals surface area contributed by atoms with Gasteiger partial charge in [-0.3, -0.25) is 5.10 Å². The van der Waals surface area contributed by atoms with Crippen LogP contribution in [-0.2, 0) is 0 Å². The number of aromatic amines is 1. The minimum absolute atomic E-state index is 0.0261. The van der Waals surface area contributed by atoms with E-state index in [-0.39, 0.29) is 23.1 Å². The number of hydrogen-bond acceptors (Lipinski definition) is 2. The third-order valence-electron chi connectivity index (χ3n) is 6.08. The van der Waals surface area contributed by atoms with E-state index in [0.717, 1.165) is 0 Å². The first kappa shape index (κ1) is 14.5. The number of aliphatic hydroxyl groups excluding tert-OH is 1. The lowest BCUT2D eigenvalue weighted by Crippen LogP contribution is -2.37. The van der Waals surface area contributed by atoms with Crippen molar-refractivity contribution in [1.82, 2.24) is 10.2 Å². The number of H-pyrrole nitrogens is 1. The molecule has 0 aliphatic heterocycles. The normalized spacial score (nSPS) is 34.8. The molecular weight excluding hydrogens is 324 g/mol. The molecule has 126 valence electrons. The Bertz CT molecular complexity index is 900. The number of hydrogen-bond donors (Lipinski definition) is 2. The van der Waals surface area contributed by atoms with Crippen molar-refractivity contribution < 1.29 is 22.7 Å². The number of halogens is 4. The molecule has 1 aromatic heterocycles. The molecule has 3 aliphatic rings. The summed E-state index contributed by atoms with van der Waals surface area (Å²) in [6, 6.07) is 3.16. The van der Waals surface area contributed by atoms with E-state index in [4.69, 9.17) is 0 Å². The van der Waals surface area contributed by atoms with Gasteiger partial charge < -0.3 is 5.11 Å². The number of rotatable bonds is 0. The number of aromatic nitrogens is 2. The molecule has 1 heterocycles. The summed E-state index contributed by atoms with van der Waals surface area (Å²) in [6.45, 7) is 0. The van der Waals surface area contributed by atoms with Crippen LogP contribution < -0.4 is 0 Å². The molecule has 0 radical (unpaired) electrons. The topological polar surface area (TPSA) is 48.9 Å². The number of nitrogens with one attached hydrogen (secondary N) is 1. The van der Waals surface area contributed by atoms with Gasteiger partial charge in [-0.05, 0) is 42.4 Å². The van der Waals surface area contributed by atoms with Crippen LogP contribution in [0.3, 0.4) is 0 Å². The number of alkyl halides is 4. The molecule has 2 N–H and O–H groups in total. The zero-order chi connectivity index (χ0) is 16.9. The van der Waals surface area contributed by atoms with Crippen LogP contribution in [0.15, 0.2) is 23.9 Å². The Morgan fingerprint density at radius 3 is 2.83 bits per heavy atom. The molecule has 4 atom stereocenters. The number of benzene rings is 1. The highest BCUT2D eigenvalue weighted by Crippen LogP contribution is 2.70. The molecule has 24 heavy (non-hydrogen) atoms. The maximum absolute atomic E-state index is 15.5. The lowest BCUT2D eigenvalue weighted by atomic mass is 9.69. The Morgan fingerprint density at radius 2 is 2.08 bits per heavy atom. The number of allylic oxidation sites excluding steroid dienone is 1. The fourth-order valence-electron chi connectivity index (χ4n) is 5.15. The van der Waals surface area contributed by atoms with Crippen LogP contribution in [0.4, 0.5) is 17.6 Å². The van der Waals surface area contributed by atoms with Crippen LogP contribution in [0, 0.1) is 11.3 Å². The van der Waals surface area contributed by atoms with Gasteiger partial charge in [-0.1, -0.05) is 6.07 Å². The average molecular weight is 338 g/mol. The molecule has 2 unspecified atom stereocenters. The van der Waals surface area contributed by atoms with Crippen LogP contribution in [0.25, 0.3) is 16.5 Å². The molecule has 1 spiro atoms. The van der Waals surface area contributed by atoms with Gasteiger partial charge >= 0.3 is 6.18 Å². The van der Waals surface area contributed by atoms with E-state index in [9.17, 15) is 18.3 Å². The minimum atomic E-state index is -4.67. The van der Waals surface area contributed by atoms with Crippen molar-refractivity contribution in [2.24, 2.45) is 11.3 Å². The van der Waals surface area contributed by atoms with Crippen molar-refractivity contribution in [3.05, 3.63) is 35.0 Å². The molecule has 5 rings (SSSR count). The molecular formula is C17H14F4N2O. The predicted octanol–water partition coefficient (Wildman–Crippen LogP) is 4.06. The predicted molar refractivity (Wildman–Crippen MR) is 78.7 cm³/mol. The maximum atomic E-state index is 15.5. The fraction of sp³-hybridized carbons (Fsp3) is 0.471. The molecule has 2 bridgehead atoms. The third-order valence-corrected chi connectivity index (χ3v) is 6.08. The first-order valence-electron chi connectivity index (χ1n) is 7.95. The molecule has 3 aliphatic carbocycles. The second kappa shape index (κ2) is 4.20. The number of aliphatic hydroxyl groups is 1. The molecule has 2 aromatic rings. The van der Waals surface area contributed by atoms with Gasteiger partial charge in [-0.15, -0.1) is 0 Å². The van der Waals surface area contributed by atoms with Crippen LogP contribution >= 0.6 is 0 Å². The summed E-state index contributed by atoms with van der Waals surface area (Å²) < 4.78 is 56.7. The van der Waals surface area contributed by atoms with Crippen LogP contribution in [0.2, 0.25) is 0 Å². The molecule has 1 fully saturated rings. The molecule has 0 saturated heterocycles. The summed E-state index contributed by atoms with van der Waals surface area (Å²) in [7, 11) is 0. The highest BCUT2D eigenvalue weighted by atomic mass is 19.4. The maximum Gasteiger partial charge on any atom is 0.415 e. The first-order chi connectivity index (χ1) is 11.3. The van der Waals surface area contributed by atoms with Gasteiger partial charge in [0.2, 0.25) is 0 Å². The SMILES string of the molecule is OC1C(C(F)(F)F)=C2c3ccc4[nH]ncc4c3[C@H](F)[C@@]23CCC1C3. The molecule has 1 saturated carbocycles. The molecule has 3 nitrogen and oxygen atoms in total. The van der Waals surface area contributed by atoms with Crippen LogP contribution in [0.1, 0.15) is 36.6 Å². The summed E-state index contributed by atoms with van der Waals surface area (Å²) in [5, 5.41) is 17.5. The molecule has 1 aromatic carbocycles. The van der Waals surface area contributed by atoms with Gasteiger partial charge in [0.25, 0.3) is 0 Å². The Balaban J connectivity index is 1.91. The van der Waals surface area contributed by atoms with Crippen molar-refractivity contribution in [2.75, 3.05) is 0 Å². The monoisotopic (exact) mass is 338 g/mol. The quantitative estimate of drug-likeness (QED) is 0.712. The van der Waals surface area contributed by atoms with Crippen molar-refractivity contribution >= 4 is 16.5 Å². The Hall–Kier alpha value is -1.89. The van der Waals surface area contributed by atoms with Gasteiger partial charge in [0.1, 0.15) is 6.17 Å². The van der Waals surface area contributed by atoms with E-state index in [2.05, 4.69) is 10.2 Å². The lowest BCUT2D eigenvalue weighted by Gasteiger charge is -2.37. The van der Waals surface area contributed by atoms with E-state index in [1.807, 2.05) is 0 Å². The van der Waals surface area contributed by atoms with Gasteiger partial charge in [-0.2, -0.15) is 18.3 Å². The zero-order valence-corrected chi connectivity index (χ0v) is 12.5. The Morgan fingerprint density at radius 1 is 1.29 bits per heavy atom. The van der Waals surface area contributed by atoms with Gasteiger partial charge in [0.05, 0.1) is 23.4 Å². The van der Waals surface area contributed by atoms with E-state index < -0.39 is 35.4 Å². The van der Waals surface area contributed by atoms with Crippen LogP contribution in [-0.4, -0.2) is 27.6 Å². The minimum Gasteiger partial charge on any atom is -0.388 e. The molecule has 7 heteroatoms. The van der Waals surface area contributed by atoms with Gasteiger partial charge in [0, 0.05) is 16.4 Å². The summed E-state index contributed by atoms with van der Waals surface area (Å²) in [4.78, 5) is 0. The standard InChI is InChI=1S/C17H14F4N2O/c18-15-11-8(1-2-10-9(11)6-22-23-10)12-13(17(19,20)21)14(24)7-3-4-16(12,15)5-7/h1-2,6-7,14-15,24H,3-5H2,(H,22,23)/t7?,14?,15-,16+/m0/s1. The summed E-state index contributed by atoms with van der Waals surface area (Å²) in [6.07, 6.45) is -5.28. The highest BCUT2D eigenvalue weighted by molar-refractivity contribution is 5.94. The summed E-state index contributed by atoms with van der Waals surface area (Å²) in [5.74, 6) is -0.530. The van der Waals surface area contributed by atoms with Crippen LogP contribution in [0.5, 0.6) is 0 Å². The Kier molecular flexibility index (Phi) is 2.53. The van der Waals surface area contributed by atoms with Gasteiger partial charge in [0.15, 0.2) is 0 Å². The second-order valence-electron chi connectivity index (χ2n) is 7.11. The lowest BCUT2D eigenvalue weighted by molar-refractivity contribution is -0.111. The fourth-order valence-corrected chi connectivity index (χ4v) is 5.15. The van der Waals surface area contributed by atoms with Crippen molar-refractivity contribution in [3.63, 3.8) is 0 Å². The van der Waals surface area contributed by atoms with Crippen molar-refractivity contribution in [2.45, 2.75) is 37.7 Å². The van der Waals surface area contributed by atoms with Crippen molar-refractivity contribution in [1.29, 1.82) is 0 Å².